The van der Waals surface area contributed by atoms with Crippen LogP contribution in [0, 0.1) is 17.3 Å². The van der Waals surface area contributed by atoms with E-state index < -0.39 is 6.61 Å². The molecule has 35 heavy (non-hydrogen) atoms. The lowest BCUT2D eigenvalue weighted by molar-refractivity contribution is -0.0494. The number of alkyl halides is 2. The zero-order valence-electron chi connectivity index (χ0n) is 21.4. The maximum Gasteiger partial charge on any atom is 0.387 e. The fraction of sp³-hybridized carbons (Fsp3) is 0.556. The lowest BCUT2D eigenvalue weighted by Gasteiger charge is -2.43. The average molecular weight is 505 g/mol. The summed E-state index contributed by atoms with van der Waals surface area (Å²) in [6.07, 6.45) is 8.67. The Kier molecular flexibility index (Phi) is 9.41. The lowest BCUT2D eigenvalue weighted by atomic mass is 9.72. The van der Waals surface area contributed by atoms with Crippen molar-refractivity contribution in [3.63, 3.8) is 0 Å². The molecule has 1 aliphatic rings. The van der Waals surface area contributed by atoms with Gasteiger partial charge in [0.1, 0.15) is 10.8 Å². The van der Waals surface area contributed by atoms with Crippen LogP contribution >= 0.6 is 11.3 Å². The maximum atomic E-state index is 13.1. The van der Waals surface area contributed by atoms with Crippen LogP contribution in [-0.4, -0.2) is 42.3 Å². The minimum absolute atomic E-state index is 0.102. The monoisotopic (exact) mass is 504 g/mol. The average Bonchev–Trinajstić information content (AvgIpc) is 3.25. The molecule has 3 rings (SSSR count). The Labute approximate surface area is 212 Å². The topological polar surface area (TPSA) is 63.7 Å². The van der Waals surface area contributed by atoms with E-state index >= 15 is 0 Å². The van der Waals surface area contributed by atoms with Crippen molar-refractivity contribution in [3.05, 3.63) is 47.1 Å². The highest BCUT2D eigenvalue weighted by Crippen LogP contribution is 2.39. The smallest absolute Gasteiger partial charge is 0.387 e. The third-order valence-electron chi connectivity index (χ3n) is 6.68. The summed E-state index contributed by atoms with van der Waals surface area (Å²) in [6, 6.07) is 5.03. The summed E-state index contributed by atoms with van der Waals surface area (Å²) in [5.74, 6) is 1.45. The second-order valence-corrected chi connectivity index (χ2v) is 11.5. The Morgan fingerprint density at radius 1 is 1.34 bits per heavy atom. The highest BCUT2D eigenvalue weighted by molar-refractivity contribution is 7.15. The number of likely N-dealkylation sites (tertiary alicyclic amines) is 1. The quantitative estimate of drug-likeness (QED) is 0.392. The first kappa shape index (κ1) is 27.3. The van der Waals surface area contributed by atoms with Crippen LogP contribution in [0.5, 0.6) is 5.75 Å². The van der Waals surface area contributed by atoms with E-state index in [1.807, 2.05) is 6.20 Å². The minimum Gasteiger partial charge on any atom is -0.434 e. The van der Waals surface area contributed by atoms with Gasteiger partial charge >= 0.3 is 6.61 Å². The van der Waals surface area contributed by atoms with Crippen molar-refractivity contribution in [2.45, 2.75) is 60.1 Å². The summed E-state index contributed by atoms with van der Waals surface area (Å²) >= 11 is 1.53. The number of aromatic nitrogens is 1. The first-order chi connectivity index (χ1) is 16.6. The molecular formula is C27H38F2N4OS. The summed E-state index contributed by atoms with van der Waals surface area (Å²) < 4.78 is 31.0. The molecule has 0 radical (unpaired) electrons. The second kappa shape index (κ2) is 12.1. The van der Waals surface area contributed by atoms with Crippen LogP contribution in [0.4, 0.5) is 8.78 Å². The standard InChI is InChI=1S/C27H38F2N4OS/c1-6-7-18-12-20(27(2,3)4)16-33(15-18)17-21-14-32-25(35-21)22-13-19(23(31-5)10-11-30)8-9-24(22)34-26(28)29/h8-11,13-14,18,20,26H,6-7,12,15-17,30H2,1-5H3/b11-10-,31-23?. The zero-order chi connectivity index (χ0) is 25.6. The van der Waals surface area contributed by atoms with E-state index in [4.69, 9.17) is 10.5 Å². The fourth-order valence-corrected chi connectivity index (χ4v) is 5.82. The van der Waals surface area contributed by atoms with Gasteiger partial charge in [0.15, 0.2) is 0 Å². The van der Waals surface area contributed by atoms with E-state index in [9.17, 15) is 8.78 Å². The van der Waals surface area contributed by atoms with Gasteiger partial charge in [-0.05, 0) is 60.6 Å². The number of hydrogen-bond acceptors (Lipinski definition) is 6. The van der Waals surface area contributed by atoms with E-state index in [0.717, 1.165) is 30.1 Å². The van der Waals surface area contributed by atoms with Crippen molar-refractivity contribution in [2.75, 3.05) is 20.1 Å². The first-order valence-corrected chi connectivity index (χ1v) is 13.1. The third-order valence-corrected chi connectivity index (χ3v) is 7.70. The maximum absolute atomic E-state index is 13.1. The van der Waals surface area contributed by atoms with Gasteiger partial charge in [-0.15, -0.1) is 11.3 Å². The van der Waals surface area contributed by atoms with Gasteiger partial charge in [0.25, 0.3) is 0 Å². The zero-order valence-corrected chi connectivity index (χ0v) is 22.2. The first-order valence-electron chi connectivity index (χ1n) is 12.3. The van der Waals surface area contributed by atoms with Gasteiger partial charge in [-0.25, -0.2) is 4.98 Å². The fourth-order valence-electron chi connectivity index (χ4n) is 4.85. The van der Waals surface area contributed by atoms with Gasteiger partial charge in [-0.3, -0.25) is 9.89 Å². The molecule has 0 spiro atoms. The van der Waals surface area contributed by atoms with E-state index in [2.05, 4.69) is 42.6 Å². The van der Waals surface area contributed by atoms with E-state index in [1.54, 1.807) is 31.3 Å². The van der Waals surface area contributed by atoms with Crippen molar-refractivity contribution < 1.29 is 13.5 Å². The molecule has 0 aliphatic carbocycles. The number of piperidine rings is 1. The predicted molar refractivity (Wildman–Crippen MR) is 141 cm³/mol. The number of rotatable bonds is 9. The Morgan fingerprint density at radius 2 is 2.11 bits per heavy atom. The molecule has 1 fully saturated rings. The van der Waals surface area contributed by atoms with Gasteiger partial charge in [0.05, 0.1) is 11.3 Å². The van der Waals surface area contributed by atoms with Gasteiger partial charge < -0.3 is 10.5 Å². The number of aliphatic imine (C=N–C) groups is 1. The molecule has 192 valence electrons. The number of hydrogen-bond donors (Lipinski definition) is 1. The van der Waals surface area contributed by atoms with Crippen LogP contribution in [0.2, 0.25) is 0 Å². The number of nitrogens with two attached hydrogens (primary N) is 1. The summed E-state index contributed by atoms with van der Waals surface area (Å²) in [7, 11) is 1.66. The lowest BCUT2D eigenvalue weighted by Crippen LogP contribution is -2.44. The van der Waals surface area contributed by atoms with E-state index in [-0.39, 0.29) is 11.2 Å². The molecule has 2 aromatic rings. The van der Waals surface area contributed by atoms with Crippen molar-refractivity contribution in [1.82, 2.24) is 9.88 Å². The normalized spacial score (nSPS) is 20.2. The molecule has 1 aliphatic heterocycles. The molecule has 2 unspecified atom stereocenters. The van der Waals surface area contributed by atoms with E-state index in [0.29, 0.717) is 28.1 Å². The minimum atomic E-state index is -2.92. The molecule has 2 atom stereocenters. The summed E-state index contributed by atoms with van der Waals surface area (Å²) in [5.41, 5.74) is 7.75. The summed E-state index contributed by atoms with van der Waals surface area (Å²) in [4.78, 5) is 12.5. The van der Waals surface area contributed by atoms with Crippen LogP contribution in [0.1, 0.15) is 57.4 Å². The molecule has 1 saturated heterocycles. The highest BCUT2D eigenvalue weighted by atomic mass is 32.1. The van der Waals surface area contributed by atoms with Crippen molar-refractivity contribution >= 4 is 17.0 Å². The van der Waals surface area contributed by atoms with Crippen LogP contribution < -0.4 is 10.5 Å². The molecule has 0 bridgehead atoms. The van der Waals surface area contributed by atoms with Crippen LogP contribution in [0.15, 0.2) is 41.7 Å². The molecule has 8 heteroatoms. The molecule has 1 aromatic carbocycles. The molecule has 2 N–H and O–H groups in total. The van der Waals surface area contributed by atoms with Crippen molar-refractivity contribution in [2.24, 2.45) is 28.0 Å². The molecule has 5 nitrogen and oxygen atoms in total. The van der Waals surface area contributed by atoms with Gasteiger partial charge in [-0.1, -0.05) is 34.1 Å². The summed E-state index contributed by atoms with van der Waals surface area (Å²) in [5, 5.41) is 0.652. The van der Waals surface area contributed by atoms with Gasteiger partial charge in [-0.2, -0.15) is 8.78 Å². The number of benzene rings is 1. The van der Waals surface area contributed by atoms with Gasteiger partial charge in [0.2, 0.25) is 0 Å². The van der Waals surface area contributed by atoms with Crippen molar-refractivity contribution in [1.29, 1.82) is 0 Å². The second-order valence-electron chi connectivity index (χ2n) is 10.3. The largest absolute Gasteiger partial charge is 0.434 e. The Bertz CT molecular complexity index is 1030. The number of allylic oxidation sites excluding steroid dienone is 1. The Balaban J connectivity index is 1.87. The molecular weight excluding hydrogens is 466 g/mol. The number of thiazole rings is 1. The molecule has 2 heterocycles. The number of ether oxygens (including phenoxy) is 1. The highest BCUT2D eigenvalue weighted by Gasteiger charge is 2.34. The Hall–Kier alpha value is -2.32. The molecule has 1 aromatic heterocycles. The number of nitrogens with zero attached hydrogens (tertiary/aromatic N) is 3. The van der Waals surface area contributed by atoms with Gasteiger partial charge in [0, 0.05) is 43.3 Å². The summed E-state index contributed by atoms with van der Waals surface area (Å²) in [6.45, 7) is 9.30. The van der Waals surface area contributed by atoms with Crippen LogP contribution in [-0.2, 0) is 6.54 Å². The van der Waals surface area contributed by atoms with Crippen LogP contribution in [0.3, 0.4) is 0 Å². The number of halogens is 2. The van der Waals surface area contributed by atoms with Crippen LogP contribution in [0.25, 0.3) is 10.6 Å². The molecule has 0 amide bonds. The van der Waals surface area contributed by atoms with E-state index in [1.165, 1.54) is 36.8 Å². The van der Waals surface area contributed by atoms with Crippen molar-refractivity contribution in [3.8, 4) is 16.3 Å². The predicted octanol–water partition coefficient (Wildman–Crippen LogP) is 6.59. The molecule has 0 saturated carbocycles. The Morgan fingerprint density at radius 3 is 2.74 bits per heavy atom. The third kappa shape index (κ3) is 7.34. The SMILES string of the molecule is CCCC1CC(C(C)(C)C)CN(Cc2cnc(-c3cc(C(/C=C\N)=NC)ccc3OC(F)F)s2)C1.